The molecular formula is C14H12BrF2N. The highest BCUT2D eigenvalue weighted by molar-refractivity contribution is 9.10. The summed E-state index contributed by atoms with van der Waals surface area (Å²) in [6.45, 7) is 1.80. The fourth-order valence-electron chi connectivity index (χ4n) is 1.91. The van der Waals surface area contributed by atoms with Crippen molar-refractivity contribution in [1.82, 2.24) is 0 Å². The number of nitrogens with two attached hydrogens (primary N) is 1. The molecule has 1 unspecified atom stereocenters. The maximum Gasteiger partial charge on any atom is 0.124 e. The SMILES string of the molecule is Cc1cc(F)ccc1C(N)c1ccc(F)cc1Br. The molecule has 0 heterocycles. The van der Waals surface area contributed by atoms with Crippen molar-refractivity contribution in [2.45, 2.75) is 13.0 Å². The Balaban J connectivity index is 2.44. The van der Waals surface area contributed by atoms with Gasteiger partial charge in [-0.05, 0) is 47.9 Å². The quantitative estimate of drug-likeness (QED) is 0.888. The summed E-state index contributed by atoms with van der Waals surface area (Å²) in [4.78, 5) is 0. The fourth-order valence-corrected chi connectivity index (χ4v) is 2.51. The van der Waals surface area contributed by atoms with Crippen molar-refractivity contribution in [1.29, 1.82) is 0 Å². The van der Waals surface area contributed by atoms with Gasteiger partial charge in [0.2, 0.25) is 0 Å². The molecule has 2 aromatic carbocycles. The van der Waals surface area contributed by atoms with Gasteiger partial charge in [0.25, 0.3) is 0 Å². The molecule has 2 N–H and O–H groups in total. The van der Waals surface area contributed by atoms with Gasteiger partial charge in [0, 0.05) is 4.47 Å². The minimum atomic E-state index is -0.416. The first-order chi connectivity index (χ1) is 8.49. The molecule has 18 heavy (non-hydrogen) atoms. The first-order valence-corrected chi connectivity index (χ1v) is 6.25. The van der Waals surface area contributed by atoms with Crippen molar-refractivity contribution in [3.8, 4) is 0 Å². The predicted octanol–water partition coefficient (Wildman–Crippen LogP) is 4.08. The summed E-state index contributed by atoms with van der Waals surface area (Å²) in [5.41, 5.74) is 8.51. The molecule has 0 fully saturated rings. The summed E-state index contributed by atoms with van der Waals surface area (Å²) in [5, 5.41) is 0. The zero-order chi connectivity index (χ0) is 13.3. The third-order valence-electron chi connectivity index (χ3n) is 2.86. The van der Waals surface area contributed by atoms with E-state index in [1.807, 2.05) is 0 Å². The van der Waals surface area contributed by atoms with Gasteiger partial charge in [-0.3, -0.25) is 0 Å². The maximum absolute atomic E-state index is 13.0. The average molecular weight is 312 g/mol. The van der Waals surface area contributed by atoms with E-state index in [1.165, 1.54) is 24.3 Å². The first kappa shape index (κ1) is 13.2. The molecule has 2 rings (SSSR count). The lowest BCUT2D eigenvalue weighted by molar-refractivity contribution is 0.623. The van der Waals surface area contributed by atoms with Gasteiger partial charge in [-0.2, -0.15) is 0 Å². The smallest absolute Gasteiger partial charge is 0.124 e. The summed E-state index contributed by atoms with van der Waals surface area (Å²) < 4.78 is 26.7. The number of benzene rings is 2. The predicted molar refractivity (Wildman–Crippen MR) is 71.3 cm³/mol. The molecule has 0 saturated carbocycles. The molecular weight excluding hydrogens is 300 g/mol. The molecule has 94 valence electrons. The van der Waals surface area contributed by atoms with Crippen LogP contribution in [0.2, 0.25) is 0 Å². The van der Waals surface area contributed by atoms with Crippen molar-refractivity contribution in [2.24, 2.45) is 5.73 Å². The van der Waals surface area contributed by atoms with E-state index in [-0.39, 0.29) is 11.6 Å². The van der Waals surface area contributed by atoms with E-state index >= 15 is 0 Å². The van der Waals surface area contributed by atoms with E-state index in [1.54, 1.807) is 19.1 Å². The number of rotatable bonds is 2. The summed E-state index contributed by atoms with van der Waals surface area (Å²) in [6, 6.07) is 8.41. The summed E-state index contributed by atoms with van der Waals surface area (Å²) in [7, 11) is 0. The van der Waals surface area contributed by atoms with E-state index in [9.17, 15) is 8.78 Å². The Kier molecular flexibility index (Phi) is 3.78. The molecule has 2 aromatic rings. The Bertz CT molecular complexity index is 533. The molecule has 0 aromatic heterocycles. The van der Waals surface area contributed by atoms with Crippen LogP contribution < -0.4 is 5.73 Å². The van der Waals surface area contributed by atoms with Gasteiger partial charge in [-0.25, -0.2) is 8.78 Å². The number of aryl methyl sites for hydroxylation is 1. The van der Waals surface area contributed by atoms with Crippen LogP contribution in [0, 0.1) is 18.6 Å². The molecule has 0 saturated heterocycles. The normalized spacial score (nSPS) is 12.5. The van der Waals surface area contributed by atoms with Crippen LogP contribution in [0.3, 0.4) is 0 Å². The van der Waals surface area contributed by atoms with E-state index in [2.05, 4.69) is 15.9 Å². The first-order valence-electron chi connectivity index (χ1n) is 5.45. The summed E-state index contributed by atoms with van der Waals surface area (Å²) in [6.07, 6.45) is 0. The molecule has 0 aliphatic carbocycles. The van der Waals surface area contributed by atoms with Crippen molar-refractivity contribution >= 4 is 15.9 Å². The Morgan fingerprint density at radius 1 is 1.00 bits per heavy atom. The topological polar surface area (TPSA) is 26.0 Å². The van der Waals surface area contributed by atoms with Crippen LogP contribution in [0.4, 0.5) is 8.78 Å². The lowest BCUT2D eigenvalue weighted by Crippen LogP contribution is -2.14. The lowest BCUT2D eigenvalue weighted by atomic mass is 9.96. The minimum absolute atomic E-state index is 0.290. The molecule has 0 aliphatic heterocycles. The second-order valence-corrected chi connectivity index (χ2v) is 5.00. The zero-order valence-corrected chi connectivity index (χ0v) is 11.3. The van der Waals surface area contributed by atoms with E-state index in [0.29, 0.717) is 4.47 Å². The third-order valence-corrected chi connectivity index (χ3v) is 3.55. The van der Waals surface area contributed by atoms with E-state index in [0.717, 1.165) is 16.7 Å². The van der Waals surface area contributed by atoms with Gasteiger partial charge in [-0.15, -0.1) is 0 Å². The largest absolute Gasteiger partial charge is 0.320 e. The van der Waals surface area contributed by atoms with Gasteiger partial charge in [0.15, 0.2) is 0 Å². The van der Waals surface area contributed by atoms with Gasteiger partial charge in [-0.1, -0.05) is 28.1 Å². The van der Waals surface area contributed by atoms with Crippen molar-refractivity contribution < 1.29 is 8.78 Å². The molecule has 0 aliphatic rings. The molecule has 0 amide bonds. The Labute approximate surface area is 113 Å². The molecule has 4 heteroatoms. The van der Waals surface area contributed by atoms with Crippen LogP contribution in [0.5, 0.6) is 0 Å². The molecule has 1 nitrogen and oxygen atoms in total. The Hall–Kier alpha value is -1.26. The lowest BCUT2D eigenvalue weighted by Gasteiger charge is -2.16. The second kappa shape index (κ2) is 5.16. The van der Waals surface area contributed by atoms with E-state index < -0.39 is 6.04 Å². The van der Waals surface area contributed by atoms with Gasteiger partial charge in [0.1, 0.15) is 11.6 Å². The monoisotopic (exact) mass is 311 g/mol. The Morgan fingerprint density at radius 2 is 1.56 bits per heavy atom. The minimum Gasteiger partial charge on any atom is -0.320 e. The van der Waals surface area contributed by atoms with Crippen LogP contribution in [0.15, 0.2) is 40.9 Å². The van der Waals surface area contributed by atoms with Crippen LogP contribution in [-0.2, 0) is 0 Å². The van der Waals surface area contributed by atoms with Crippen LogP contribution in [-0.4, -0.2) is 0 Å². The number of hydrogen-bond donors (Lipinski definition) is 1. The van der Waals surface area contributed by atoms with Gasteiger partial charge < -0.3 is 5.73 Å². The van der Waals surface area contributed by atoms with Crippen molar-refractivity contribution in [2.75, 3.05) is 0 Å². The maximum atomic E-state index is 13.0. The molecule has 0 spiro atoms. The summed E-state index contributed by atoms with van der Waals surface area (Å²) >= 11 is 3.29. The van der Waals surface area contributed by atoms with Crippen LogP contribution >= 0.6 is 15.9 Å². The number of hydrogen-bond acceptors (Lipinski definition) is 1. The molecule has 1 atom stereocenters. The standard InChI is InChI=1S/C14H12BrF2N/c1-8-6-9(16)2-4-11(8)14(18)12-5-3-10(17)7-13(12)15/h2-7,14H,18H2,1H3. The van der Waals surface area contributed by atoms with Gasteiger partial charge >= 0.3 is 0 Å². The zero-order valence-electron chi connectivity index (χ0n) is 9.75. The third kappa shape index (κ3) is 2.60. The Morgan fingerprint density at radius 3 is 2.11 bits per heavy atom. The highest BCUT2D eigenvalue weighted by Gasteiger charge is 2.15. The van der Waals surface area contributed by atoms with Gasteiger partial charge in [0.05, 0.1) is 6.04 Å². The van der Waals surface area contributed by atoms with Crippen LogP contribution in [0.1, 0.15) is 22.7 Å². The summed E-state index contributed by atoms with van der Waals surface area (Å²) in [5.74, 6) is -0.615. The molecule has 0 bridgehead atoms. The highest BCUT2D eigenvalue weighted by atomic mass is 79.9. The van der Waals surface area contributed by atoms with Crippen LogP contribution in [0.25, 0.3) is 0 Å². The molecule has 0 radical (unpaired) electrons. The van der Waals surface area contributed by atoms with Crippen molar-refractivity contribution in [3.63, 3.8) is 0 Å². The second-order valence-electron chi connectivity index (χ2n) is 4.14. The highest BCUT2D eigenvalue weighted by Crippen LogP contribution is 2.29. The average Bonchev–Trinajstić information content (AvgIpc) is 2.28. The fraction of sp³-hybridized carbons (Fsp3) is 0.143. The number of halogens is 3. The van der Waals surface area contributed by atoms with Crippen molar-refractivity contribution in [3.05, 3.63) is 69.2 Å². The van der Waals surface area contributed by atoms with E-state index in [4.69, 9.17) is 5.73 Å².